The minimum absolute atomic E-state index is 0.990. The van der Waals surface area contributed by atoms with Gasteiger partial charge in [0.05, 0.1) is 0 Å². The van der Waals surface area contributed by atoms with Gasteiger partial charge in [0.15, 0.2) is 0 Å². The fraction of sp³-hybridized carbons (Fsp3) is 1.00. The van der Waals surface area contributed by atoms with E-state index in [0.29, 0.717) is 0 Å². The van der Waals surface area contributed by atoms with Crippen molar-refractivity contribution in [2.75, 3.05) is 26.2 Å². The van der Waals surface area contributed by atoms with Crippen LogP contribution in [0.25, 0.3) is 0 Å². The van der Waals surface area contributed by atoms with Crippen LogP contribution < -0.4 is 5.43 Å². The highest BCUT2D eigenvalue weighted by molar-refractivity contribution is 4.46. The van der Waals surface area contributed by atoms with Crippen molar-refractivity contribution in [3.05, 3.63) is 0 Å². The number of hydrazine groups is 2. The minimum Gasteiger partial charge on any atom is -0.242 e. The molecule has 3 nitrogen and oxygen atoms in total. The fourth-order valence-corrected chi connectivity index (χ4v) is 1.16. The van der Waals surface area contributed by atoms with Crippen LogP contribution in [0.2, 0.25) is 0 Å². The number of nitrogens with zero attached hydrogens (tertiary/aromatic N) is 2. The van der Waals surface area contributed by atoms with Crippen LogP contribution in [0.5, 0.6) is 0 Å². The Morgan fingerprint density at radius 2 is 1.45 bits per heavy atom. The topological polar surface area (TPSA) is 18.5 Å². The second kappa shape index (κ2) is 6.58. The molecule has 0 amide bonds. The van der Waals surface area contributed by atoms with Crippen LogP contribution in [-0.4, -0.2) is 36.3 Å². The van der Waals surface area contributed by atoms with Gasteiger partial charge in [0.2, 0.25) is 0 Å². The predicted molar refractivity (Wildman–Crippen MR) is 49.0 cm³/mol. The molecule has 0 aromatic rings. The van der Waals surface area contributed by atoms with Gasteiger partial charge in [-0.3, -0.25) is 0 Å². The van der Waals surface area contributed by atoms with Crippen LogP contribution in [0.1, 0.15) is 27.7 Å². The van der Waals surface area contributed by atoms with Crippen LogP contribution in [-0.2, 0) is 0 Å². The summed E-state index contributed by atoms with van der Waals surface area (Å²) in [5.74, 6) is 0. The first-order valence-electron chi connectivity index (χ1n) is 4.55. The quantitative estimate of drug-likeness (QED) is 0.585. The zero-order valence-electron chi connectivity index (χ0n) is 8.22. The van der Waals surface area contributed by atoms with Gasteiger partial charge in [0.1, 0.15) is 0 Å². The summed E-state index contributed by atoms with van der Waals surface area (Å²) in [7, 11) is 0. The molecule has 0 saturated carbocycles. The first-order chi connectivity index (χ1) is 5.29. The van der Waals surface area contributed by atoms with Crippen molar-refractivity contribution < 1.29 is 0 Å². The van der Waals surface area contributed by atoms with Crippen molar-refractivity contribution in [2.24, 2.45) is 0 Å². The Morgan fingerprint density at radius 1 is 0.909 bits per heavy atom. The van der Waals surface area contributed by atoms with Crippen LogP contribution in [0.3, 0.4) is 0 Å². The van der Waals surface area contributed by atoms with Crippen molar-refractivity contribution in [3.63, 3.8) is 0 Å². The van der Waals surface area contributed by atoms with Crippen LogP contribution >= 0.6 is 0 Å². The van der Waals surface area contributed by atoms with Crippen molar-refractivity contribution in [1.82, 2.24) is 15.6 Å². The van der Waals surface area contributed by atoms with E-state index in [9.17, 15) is 0 Å². The average Bonchev–Trinajstić information content (AvgIpc) is 2.05. The van der Waals surface area contributed by atoms with Gasteiger partial charge in [-0.05, 0) is 6.92 Å². The Hall–Kier alpha value is -0.120. The highest BCUT2D eigenvalue weighted by Gasteiger charge is 2.06. The Bertz CT molecular complexity index is 81.4. The molecule has 3 heteroatoms. The predicted octanol–water partition coefficient (Wildman–Crippen LogP) is 1.09. The SMILES string of the molecule is CCNN(CC)N(CC)CC. The van der Waals surface area contributed by atoms with Crippen molar-refractivity contribution >= 4 is 0 Å². The monoisotopic (exact) mass is 159 g/mol. The van der Waals surface area contributed by atoms with E-state index in [1.54, 1.807) is 0 Å². The van der Waals surface area contributed by atoms with Crippen molar-refractivity contribution in [3.8, 4) is 0 Å². The summed E-state index contributed by atoms with van der Waals surface area (Å²) >= 11 is 0. The molecule has 0 fully saturated rings. The Morgan fingerprint density at radius 3 is 1.73 bits per heavy atom. The maximum atomic E-state index is 3.29. The van der Waals surface area contributed by atoms with Gasteiger partial charge >= 0.3 is 0 Å². The molecule has 0 atom stereocenters. The average molecular weight is 159 g/mol. The van der Waals surface area contributed by atoms with Crippen LogP contribution in [0, 0.1) is 0 Å². The standard InChI is InChI=1S/C8H21N3/c1-5-9-11(8-4)10(6-2)7-3/h9H,5-8H2,1-4H3. The Labute approximate surface area is 70.3 Å². The summed E-state index contributed by atoms with van der Waals surface area (Å²) in [6.45, 7) is 12.8. The Kier molecular flexibility index (Phi) is 6.51. The van der Waals surface area contributed by atoms with Gasteiger partial charge in [-0.2, -0.15) is 5.12 Å². The zero-order chi connectivity index (χ0) is 8.69. The smallest absolute Gasteiger partial charge is 0.0262 e. The third kappa shape index (κ3) is 3.70. The van der Waals surface area contributed by atoms with Gasteiger partial charge in [0.25, 0.3) is 0 Å². The maximum Gasteiger partial charge on any atom is 0.0262 e. The molecule has 0 aliphatic heterocycles. The van der Waals surface area contributed by atoms with Crippen LogP contribution in [0.4, 0.5) is 0 Å². The van der Waals surface area contributed by atoms with Gasteiger partial charge in [0, 0.05) is 26.2 Å². The van der Waals surface area contributed by atoms with E-state index in [2.05, 4.69) is 43.2 Å². The van der Waals surface area contributed by atoms with Gasteiger partial charge < -0.3 is 0 Å². The molecule has 0 aliphatic rings. The van der Waals surface area contributed by atoms with E-state index in [-0.39, 0.29) is 0 Å². The molecule has 0 spiro atoms. The van der Waals surface area contributed by atoms with Crippen molar-refractivity contribution in [2.45, 2.75) is 27.7 Å². The van der Waals surface area contributed by atoms with E-state index in [4.69, 9.17) is 0 Å². The summed E-state index contributed by atoms with van der Waals surface area (Å²) < 4.78 is 0. The molecule has 0 unspecified atom stereocenters. The first-order valence-corrected chi connectivity index (χ1v) is 4.55. The van der Waals surface area contributed by atoms with E-state index < -0.39 is 0 Å². The van der Waals surface area contributed by atoms with E-state index in [0.717, 1.165) is 26.2 Å². The zero-order valence-corrected chi connectivity index (χ0v) is 8.22. The lowest BCUT2D eigenvalue weighted by Gasteiger charge is -2.32. The molecule has 11 heavy (non-hydrogen) atoms. The van der Waals surface area contributed by atoms with E-state index in [1.807, 2.05) is 0 Å². The molecular weight excluding hydrogens is 138 g/mol. The first kappa shape index (κ1) is 10.9. The third-order valence-electron chi connectivity index (χ3n) is 1.71. The minimum atomic E-state index is 0.990. The maximum absolute atomic E-state index is 3.29. The van der Waals surface area contributed by atoms with Crippen molar-refractivity contribution in [1.29, 1.82) is 0 Å². The Balaban J connectivity index is 3.76. The molecule has 0 radical (unpaired) electrons. The molecule has 0 aliphatic carbocycles. The van der Waals surface area contributed by atoms with Crippen LogP contribution in [0.15, 0.2) is 0 Å². The molecule has 0 aromatic heterocycles. The van der Waals surface area contributed by atoms with E-state index in [1.165, 1.54) is 0 Å². The summed E-state index contributed by atoms with van der Waals surface area (Å²) in [6, 6.07) is 0. The normalized spacial score (nSPS) is 11.5. The second-order valence-corrected chi connectivity index (χ2v) is 2.37. The number of rotatable bonds is 6. The molecular formula is C8H21N3. The van der Waals surface area contributed by atoms with Gasteiger partial charge in [-0.25, -0.2) is 10.4 Å². The molecule has 0 bridgehead atoms. The molecule has 0 aromatic carbocycles. The molecule has 0 rings (SSSR count). The lowest BCUT2D eigenvalue weighted by Crippen LogP contribution is -2.50. The van der Waals surface area contributed by atoms with Gasteiger partial charge in [-0.15, -0.1) is 0 Å². The van der Waals surface area contributed by atoms with E-state index >= 15 is 0 Å². The lowest BCUT2D eigenvalue weighted by molar-refractivity contribution is -0.0569. The summed E-state index contributed by atoms with van der Waals surface area (Å²) in [5.41, 5.74) is 3.29. The summed E-state index contributed by atoms with van der Waals surface area (Å²) in [4.78, 5) is 0. The fourth-order valence-electron chi connectivity index (χ4n) is 1.16. The molecule has 0 heterocycles. The highest BCUT2D eigenvalue weighted by Crippen LogP contribution is 1.91. The summed E-state index contributed by atoms with van der Waals surface area (Å²) in [6.07, 6.45) is 0. The highest BCUT2D eigenvalue weighted by atomic mass is 15.8. The number of hydrogen-bond donors (Lipinski definition) is 1. The third-order valence-corrected chi connectivity index (χ3v) is 1.71. The van der Waals surface area contributed by atoms with Gasteiger partial charge in [-0.1, -0.05) is 20.8 Å². The number of hydrogen-bond acceptors (Lipinski definition) is 3. The molecule has 68 valence electrons. The molecule has 0 saturated heterocycles. The largest absolute Gasteiger partial charge is 0.242 e. The second-order valence-electron chi connectivity index (χ2n) is 2.37. The lowest BCUT2D eigenvalue weighted by atomic mass is 10.6. The molecule has 1 N–H and O–H groups in total. The number of nitrogens with one attached hydrogen (secondary N) is 1. The summed E-state index contributed by atoms with van der Waals surface area (Å²) in [5, 5.41) is 4.45.